The molecule has 8 aromatic rings. The first-order valence-electron chi connectivity index (χ1n) is 12.8. The lowest BCUT2D eigenvalue weighted by Crippen LogP contribution is -1.95. The summed E-state index contributed by atoms with van der Waals surface area (Å²) in [6.07, 6.45) is 5.38. The SMILES string of the molecule is c1ccc(-c2cccc(-n3c4ccccc4c4cc(-c5ccoc5)c(-c5nc6ccccc6s5)cc43)c2)nc1. The highest BCUT2D eigenvalue weighted by Gasteiger charge is 2.19. The molecule has 0 N–H and O–H groups in total. The Morgan fingerprint density at radius 2 is 1.56 bits per heavy atom. The molecule has 0 saturated heterocycles. The number of thiazole rings is 1. The number of fused-ring (bicyclic) bond motifs is 4. The van der Waals surface area contributed by atoms with Gasteiger partial charge in [-0.1, -0.05) is 48.5 Å². The largest absolute Gasteiger partial charge is 0.472 e. The summed E-state index contributed by atoms with van der Waals surface area (Å²) in [7, 11) is 0. The number of hydrogen-bond donors (Lipinski definition) is 0. The molecular weight excluding hydrogens is 498 g/mol. The molecule has 0 aliphatic rings. The third-order valence-electron chi connectivity index (χ3n) is 7.23. The summed E-state index contributed by atoms with van der Waals surface area (Å²) in [5.41, 5.74) is 9.68. The Morgan fingerprint density at radius 3 is 2.44 bits per heavy atom. The van der Waals surface area contributed by atoms with E-state index in [0.29, 0.717) is 0 Å². The lowest BCUT2D eigenvalue weighted by molar-refractivity contribution is 0.568. The molecular formula is C34H21N3OS. The minimum Gasteiger partial charge on any atom is -0.472 e. The summed E-state index contributed by atoms with van der Waals surface area (Å²) in [5.74, 6) is 0. The summed E-state index contributed by atoms with van der Waals surface area (Å²) in [5, 5.41) is 3.39. The summed E-state index contributed by atoms with van der Waals surface area (Å²) in [4.78, 5) is 9.63. The summed E-state index contributed by atoms with van der Waals surface area (Å²) in [6, 6.07) is 38.2. The van der Waals surface area contributed by atoms with Crippen LogP contribution in [-0.2, 0) is 0 Å². The van der Waals surface area contributed by atoms with Gasteiger partial charge >= 0.3 is 0 Å². The van der Waals surface area contributed by atoms with E-state index in [9.17, 15) is 0 Å². The second-order valence-corrected chi connectivity index (χ2v) is 10.6. The Morgan fingerprint density at radius 1 is 0.667 bits per heavy atom. The number of para-hydroxylation sites is 2. The molecule has 0 radical (unpaired) electrons. The molecule has 4 heterocycles. The van der Waals surface area contributed by atoms with Gasteiger partial charge in [0, 0.05) is 39.3 Å². The minimum absolute atomic E-state index is 0.956. The molecule has 4 nitrogen and oxygen atoms in total. The van der Waals surface area contributed by atoms with Crippen LogP contribution in [0.15, 0.2) is 132 Å². The van der Waals surface area contributed by atoms with Crippen LogP contribution in [0.2, 0.25) is 0 Å². The van der Waals surface area contributed by atoms with Gasteiger partial charge in [0.25, 0.3) is 0 Å². The van der Waals surface area contributed by atoms with E-state index in [4.69, 9.17) is 9.40 Å². The second kappa shape index (κ2) is 8.79. The maximum absolute atomic E-state index is 5.52. The molecule has 0 bridgehead atoms. The Balaban J connectivity index is 1.45. The number of pyridine rings is 1. The topological polar surface area (TPSA) is 43.9 Å². The fourth-order valence-electron chi connectivity index (χ4n) is 5.45. The standard InChI is InChI=1S/C34H21N3OS/c1-3-13-31-25(10-1)27-19-26(23-15-17-38-21-23)28(34-36-30-12-2-4-14-33(30)39-34)20-32(27)37(31)24-9-7-8-22(18-24)29-11-5-6-16-35-29/h1-21H. The first kappa shape index (κ1) is 22.0. The van der Waals surface area contributed by atoms with Crippen LogP contribution in [0.5, 0.6) is 0 Å². The average Bonchev–Trinajstić information content (AvgIpc) is 3.75. The van der Waals surface area contributed by atoms with Gasteiger partial charge in [0.15, 0.2) is 0 Å². The maximum atomic E-state index is 5.52. The van der Waals surface area contributed by atoms with E-state index in [2.05, 4.69) is 88.4 Å². The lowest BCUT2D eigenvalue weighted by atomic mass is 9.99. The molecule has 0 fully saturated rings. The quantitative estimate of drug-likeness (QED) is 0.233. The molecule has 5 heteroatoms. The van der Waals surface area contributed by atoms with Gasteiger partial charge in [-0.15, -0.1) is 11.3 Å². The van der Waals surface area contributed by atoms with Crippen molar-refractivity contribution in [2.24, 2.45) is 0 Å². The van der Waals surface area contributed by atoms with E-state index in [0.717, 1.165) is 55.2 Å². The molecule has 0 aliphatic carbocycles. The Bertz CT molecular complexity index is 2090. The zero-order valence-corrected chi connectivity index (χ0v) is 21.6. The highest BCUT2D eigenvalue weighted by Crippen LogP contribution is 2.42. The van der Waals surface area contributed by atoms with Crippen LogP contribution in [0.4, 0.5) is 0 Å². The second-order valence-electron chi connectivity index (χ2n) is 9.53. The van der Waals surface area contributed by atoms with Crippen molar-refractivity contribution in [3.63, 3.8) is 0 Å². The number of hydrogen-bond acceptors (Lipinski definition) is 4. The minimum atomic E-state index is 0.956. The van der Waals surface area contributed by atoms with Gasteiger partial charge in [0.2, 0.25) is 0 Å². The smallest absolute Gasteiger partial charge is 0.125 e. The molecule has 0 amide bonds. The molecule has 0 aliphatic heterocycles. The van der Waals surface area contributed by atoms with Crippen LogP contribution in [0, 0.1) is 0 Å². The lowest BCUT2D eigenvalue weighted by Gasteiger charge is -2.12. The first-order chi connectivity index (χ1) is 19.3. The highest BCUT2D eigenvalue weighted by atomic mass is 32.1. The fourth-order valence-corrected chi connectivity index (χ4v) is 6.45. The van der Waals surface area contributed by atoms with Gasteiger partial charge in [-0.05, 0) is 66.2 Å². The molecule has 0 saturated carbocycles. The maximum Gasteiger partial charge on any atom is 0.125 e. The van der Waals surface area contributed by atoms with Crippen molar-refractivity contribution in [1.29, 1.82) is 0 Å². The van der Waals surface area contributed by atoms with E-state index in [1.54, 1.807) is 17.6 Å². The number of aromatic nitrogens is 3. The van der Waals surface area contributed by atoms with Gasteiger partial charge in [-0.3, -0.25) is 4.98 Å². The van der Waals surface area contributed by atoms with Crippen LogP contribution in [0.25, 0.3) is 70.7 Å². The average molecular weight is 520 g/mol. The van der Waals surface area contributed by atoms with E-state index in [-0.39, 0.29) is 0 Å². The fraction of sp³-hybridized carbons (Fsp3) is 0. The van der Waals surface area contributed by atoms with Crippen molar-refractivity contribution >= 4 is 43.4 Å². The highest BCUT2D eigenvalue weighted by molar-refractivity contribution is 7.21. The van der Waals surface area contributed by atoms with Gasteiger partial charge in [-0.2, -0.15) is 0 Å². The van der Waals surface area contributed by atoms with Crippen LogP contribution in [0.1, 0.15) is 0 Å². The Labute approximate surface area is 228 Å². The van der Waals surface area contributed by atoms with Gasteiger partial charge in [-0.25, -0.2) is 4.98 Å². The molecule has 4 aromatic heterocycles. The normalized spacial score (nSPS) is 11.6. The third-order valence-corrected chi connectivity index (χ3v) is 8.30. The molecule has 4 aromatic carbocycles. The molecule has 184 valence electrons. The van der Waals surface area contributed by atoms with Gasteiger partial charge in [0.1, 0.15) is 5.01 Å². The molecule has 8 rings (SSSR count). The third kappa shape index (κ3) is 3.59. The van der Waals surface area contributed by atoms with E-state index in [1.807, 2.05) is 42.8 Å². The Kier molecular flexibility index (Phi) is 4.96. The van der Waals surface area contributed by atoms with E-state index >= 15 is 0 Å². The first-order valence-corrected chi connectivity index (χ1v) is 13.6. The summed E-state index contributed by atoms with van der Waals surface area (Å²) in [6.45, 7) is 0. The number of benzene rings is 4. The van der Waals surface area contributed by atoms with Crippen molar-refractivity contribution in [2.45, 2.75) is 0 Å². The summed E-state index contributed by atoms with van der Waals surface area (Å²) < 4.78 is 9.05. The van der Waals surface area contributed by atoms with E-state index < -0.39 is 0 Å². The molecule has 0 atom stereocenters. The van der Waals surface area contributed by atoms with E-state index in [1.165, 1.54) is 15.5 Å². The number of nitrogens with zero attached hydrogens (tertiary/aromatic N) is 3. The van der Waals surface area contributed by atoms with Crippen LogP contribution < -0.4 is 0 Å². The number of furan rings is 1. The van der Waals surface area contributed by atoms with Crippen molar-refractivity contribution < 1.29 is 4.42 Å². The van der Waals surface area contributed by atoms with Crippen LogP contribution in [0.3, 0.4) is 0 Å². The van der Waals surface area contributed by atoms with Gasteiger partial charge < -0.3 is 8.98 Å². The predicted molar refractivity (Wildman–Crippen MR) is 160 cm³/mol. The molecule has 0 unspecified atom stereocenters. The van der Waals surface area contributed by atoms with Gasteiger partial charge in [0.05, 0.1) is 39.5 Å². The zero-order chi connectivity index (χ0) is 25.8. The van der Waals surface area contributed by atoms with Crippen molar-refractivity contribution in [1.82, 2.24) is 14.5 Å². The monoisotopic (exact) mass is 519 g/mol. The molecule has 39 heavy (non-hydrogen) atoms. The zero-order valence-electron chi connectivity index (χ0n) is 20.8. The molecule has 0 spiro atoms. The van der Waals surface area contributed by atoms with Crippen LogP contribution in [-0.4, -0.2) is 14.5 Å². The predicted octanol–water partition coefficient (Wildman–Crippen LogP) is 9.38. The number of rotatable bonds is 4. The van der Waals surface area contributed by atoms with Crippen molar-refractivity contribution in [3.8, 4) is 38.6 Å². The summed E-state index contributed by atoms with van der Waals surface area (Å²) >= 11 is 1.72. The van der Waals surface area contributed by atoms with Crippen molar-refractivity contribution in [3.05, 3.63) is 128 Å². The van der Waals surface area contributed by atoms with Crippen LogP contribution >= 0.6 is 11.3 Å². The van der Waals surface area contributed by atoms with Crippen molar-refractivity contribution in [2.75, 3.05) is 0 Å². The Hall–Kier alpha value is -5.00.